The summed E-state index contributed by atoms with van der Waals surface area (Å²) in [6, 6.07) is 10.4. The Bertz CT molecular complexity index is 299. The topological polar surface area (TPSA) is 29.1 Å². The zero-order valence-corrected chi connectivity index (χ0v) is 8.72. The highest BCUT2D eigenvalue weighted by Crippen LogP contribution is 2.20. The molecule has 2 nitrogen and oxygen atoms in total. The molecule has 1 fully saturated rings. The van der Waals surface area contributed by atoms with Gasteiger partial charge in [0.2, 0.25) is 0 Å². The number of piperidine rings is 1. The first-order valence-corrected chi connectivity index (χ1v) is 4.66. The molecule has 1 aromatic carbocycles. The van der Waals surface area contributed by atoms with Crippen molar-refractivity contribution < 1.29 is 4.79 Å². The number of nitrogens with one attached hydrogen (secondary N) is 1. The minimum atomic E-state index is 0. The summed E-state index contributed by atoms with van der Waals surface area (Å²) in [5, 5.41) is 3.34. The Balaban J connectivity index is 0.000000980. The molecule has 0 amide bonds. The molecule has 1 heterocycles. The molecule has 1 aliphatic rings. The number of hydrogen-bond acceptors (Lipinski definition) is 2. The number of ketones is 1. The van der Waals surface area contributed by atoms with E-state index in [4.69, 9.17) is 0 Å². The maximum absolute atomic E-state index is 11.2. The van der Waals surface area contributed by atoms with Gasteiger partial charge in [-0.1, -0.05) is 30.3 Å². The maximum atomic E-state index is 11.2. The van der Waals surface area contributed by atoms with Crippen molar-refractivity contribution in [3.63, 3.8) is 0 Å². The molecule has 1 unspecified atom stereocenters. The van der Waals surface area contributed by atoms with Crippen molar-refractivity contribution in [2.24, 2.45) is 0 Å². The fourth-order valence-corrected chi connectivity index (χ4v) is 1.71. The minimum absolute atomic E-state index is 0. The minimum Gasteiger partial charge on any atom is -0.309 e. The Kier molecular flexibility index (Phi) is 4.11. The Morgan fingerprint density at radius 2 is 1.93 bits per heavy atom. The van der Waals surface area contributed by atoms with Crippen molar-refractivity contribution in [1.29, 1.82) is 0 Å². The number of rotatable bonds is 1. The third kappa shape index (κ3) is 2.56. The van der Waals surface area contributed by atoms with E-state index in [-0.39, 0.29) is 18.4 Å². The molecule has 1 atom stereocenters. The van der Waals surface area contributed by atoms with Crippen LogP contribution in [0.15, 0.2) is 30.3 Å². The van der Waals surface area contributed by atoms with Crippen LogP contribution in [-0.4, -0.2) is 12.3 Å². The number of benzene rings is 1. The predicted molar refractivity (Wildman–Crippen MR) is 58.7 cm³/mol. The van der Waals surface area contributed by atoms with E-state index in [0.29, 0.717) is 18.6 Å². The van der Waals surface area contributed by atoms with E-state index in [1.54, 1.807) is 0 Å². The number of carbonyl (C=O) groups is 1. The molecule has 0 aliphatic carbocycles. The molecular weight excluding hydrogens is 198 g/mol. The van der Waals surface area contributed by atoms with Crippen LogP contribution in [0.1, 0.15) is 24.4 Å². The van der Waals surface area contributed by atoms with E-state index < -0.39 is 0 Å². The summed E-state index contributed by atoms with van der Waals surface area (Å²) in [6.45, 7) is 0.818. The smallest absolute Gasteiger partial charge is 0.136 e. The molecular formula is C11H14ClNO. The highest BCUT2D eigenvalue weighted by Gasteiger charge is 2.19. The van der Waals surface area contributed by atoms with Crippen molar-refractivity contribution in [1.82, 2.24) is 5.32 Å². The van der Waals surface area contributed by atoms with Crippen LogP contribution in [0.2, 0.25) is 0 Å². The molecule has 0 aromatic heterocycles. The fourth-order valence-electron chi connectivity index (χ4n) is 1.71. The summed E-state index contributed by atoms with van der Waals surface area (Å²) in [6.07, 6.45) is 1.33. The van der Waals surface area contributed by atoms with Crippen LogP contribution in [0.3, 0.4) is 0 Å². The number of Topliss-reactive ketones (excluding diaryl/α,β-unsaturated/α-hetero) is 1. The summed E-state index contributed by atoms with van der Waals surface area (Å²) >= 11 is 0. The molecule has 0 radical (unpaired) electrons. The summed E-state index contributed by atoms with van der Waals surface area (Å²) in [5.41, 5.74) is 1.22. The molecule has 0 saturated carbocycles. The van der Waals surface area contributed by atoms with Gasteiger partial charge in [-0.2, -0.15) is 0 Å². The van der Waals surface area contributed by atoms with Gasteiger partial charge in [0.1, 0.15) is 5.78 Å². The van der Waals surface area contributed by atoms with Crippen LogP contribution in [0.4, 0.5) is 0 Å². The third-order valence-electron chi connectivity index (χ3n) is 2.43. The highest BCUT2D eigenvalue weighted by molar-refractivity contribution is 5.85. The zero-order valence-electron chi connectivity index (χ0n) is 7.90. The van der Waals surface area contributed by atoms with Crippen LogP contribution in [-0.2, 0) is 4.79 Å². The SMILES string of the molecule is Cl.O=C1CCNC(c2ccccc2)C1. The van der Waals surface area contributed by atoms with Gasteiger partial charge in [-0.05, 0) is 5.56 Å². The van der Waals surface area contributed by atoms with Gasteiger partial charge < -0.3 is 5.32 Å². The largest absolute Gasteiger partial charge is 0.309 e. The number of halogens is 1. The first-order valence-electron chi connectivity index (χ1n) is 4.66. The average molecular weight is 212 g/mol. The van der Waals surface area contributed by atoms with Gasteiger partial charge >= 0.3 is 0 Å². The van der Waals surface area contributed by atoms with Crippen LogP contribution < -0.4 is 5.32 Å². The van der Waals surface area contributed by atoms with Gasteiger partial charge in [0.15, 0.2) is 0 Å². The average Bonchev–Trinajstić information content (AvgIpc) is 2.19. The first-order chi connectivity index (χ1) is 6.36. The zero-order chi connectivity index (χ0) is 9.10. The molecule has 3 heteroatoms. The molecule has 0 spiro atoms. The lowest BCUT2D eigenvalue weighted by atomic mass is 9.97. The lowest BCUT2D eigenvalue weighted by Gasteiger charge is -2.22. The molecule has 14 heavy (non-hydrogen) atoms. The quantitative estimate of drug-likeness (QED) is 0.771. The molecule has 76 valence electrons. The van der Waals surface area contributed by atoms with Crippen LogP contribution in [0.25, 0.3) is 0 Å². The van der Waals surface area contributed by atoms with E-state index in [0.717, 1.165) is 6.54 Å². The van der Waals surface area contributed by atoms with Gasteiger partial charge in [-0.25, -0.2) is 0 Å². The summed E-state index contributed by atoms with van der Waals surface area (Å²) in [7, 11) is 0. The Labute approximate surface area is 90.1 Å². The standard InChI is InChI=1S/C11H13NO.ClH/c13-10-6-7-12-11(8-10)9-4-2-1-3-5-9;/h1-5,11-12H,6-8H2;1H. The number of carbonyl (C=O) groups excluding carboxylic acids is 1. The van der Waals surface area contributed by atoms with E-state index >= 15 is 0 Å². The van der Waals surface area contributed by atoms with E-state index in [2.05, 4.69) is 17.4 Å². The van der Waals surface area contributed by atoms with E-state index in [1.165, 1.54) is 5.56 Å². The first kappa shape index (κ1) is 11.2. The van der Waals surface area contributed by atoms with E-state index in [1.807, 2.05) is 18.2 Å². The monoisotopic (exact) mass is 211 g/mol. The van der Waals surface area contributed by atoms with Crippen molar-refractivity contribution in [2.45, 2.75) is 18.9 Å². The normalized spacial score (nSPS) is 21.4. The summed E-state index contributed by atoms with van der Waals surface area (Å²) in [5.74, 6) is 0.368. The van der Waals surface area contributed by atoms with Crippen molar-refractivity contribution in [3.05, 3.63) is 35.9 Å². The van der Waals surface area contributed by atoms with Crippen LogP contribution in [0.5, 0.6) is 0 Å². The van der Waals surface area contributed by atoms with Crippen molar-refractivity contribution in [2.75, 3.05) is 6.54 Å². The Hall–Kier alpha value is -0.860. The van der Waals surface area contributed by atoms with Crippen LogP contribution in [0, 0.1) is 0 Å². The molecule has 1 saturated heterocycles. The van der Waals surface area contributed by atoms with Gasteiger partial charge in [-0.3, -0.25) is 4.79 Å². The number of hydrogen-bond donors (Lipinski definition) is 1. The summed E-state index contributed by atoms with van der Waals surface area (Å²) < 4.78 is 0. The van der Waals surface area contributed by atoms with Gasteiger partial charge in [0.25, 0.3) is 0 Å². The Morgan fingerprint density at radius 1 is 1.21 bits per heavy atom. The maximum Gasteiger partial charge on any atom is 0.136 e. The van der Waals surface area contributed by atoms with Gasteiger partial charge in [0.05, 0.1) is 0 Å². The predicted octanol–water partition coefficient (Wildman–Crippen LogP) is 2.10. The second kappa shape index (κ2) is 5.13. The lowest BCUT2D eigenvalue weighted by Crippen LogP contribution is -2.31. The highest BCUT2D eigenvalue weighted by atomic mass is 35.5. The molecule has 1 N–H and O–H groups in total. The van der Waals surface area contributed by atoms with Crippen molar-refractivity contribution >= 4 is 18.2 Å². The van der Waals surface area contributed by atoms with E-state index in [9.17, 15) is 4.79 Å². The Morgan fingerprint density at radius 3 is 2.57 bits per heavy atom. The molecule has 1 aromatic rings. The second-order valence-corrected chi connectivity index (χ2v) is 3.41. The van der Waals surface area contributed by atoms with Crippen LogP contribution >= 0.6 is 12.4 Å². The lowest BCUT2D eigenvalue weighted by molar-refractivity contribution is -0.120. The molecule has 2 rings (SSSR count). The third-order valence-corrected chi connectivity index (χ3v) is 2.43. The second-order valence-electron chi connectivity index (χ2n) is 3.41. The van der Waals surface area contributed by atoms with Gasteiger partial charge in [-0.15, -0.1) is 12.4 Å². The molecule has 1 aliphatic heterocycles. The summed E-state index contributed by atoms with van der Waals surface area (Å²) in [4.78, 5) is 11.2. The molecule has 0 bridgehead atoms. The van der Waals surface area contributed by atoms with Gasteiger partial charge in [0, 0.05) is 25.4 Å². The van der Waals surface area contributed by atoms with Crippen molar-refractivity contribution in [3.8, 4) is 0 Å². The fraction of sp³-hybridized carbons (Fsp3) is 0.364.